The van der Waals surface area contributed by atoms with Crippen LogP contribution in [0.2, 0.25) is 5.02 Å². The van der Waals surface area contributed by atoms with Crippen molar-refractivity contribution in [3.8, 4) is 5.75 Å². The fraction of sp³-hybridized carbons (Fsp3) is 0.310. The molecule has 2 amide bonds. The Hall–Kier alpha value is -3.56. The molecular formula is C29H34ClN3O5S. The van der Waals surface area contributed by atoms with Gasteiger partial charge in [-0.3, -0.25) is 13.9 Å². The number of carbonyl (C=O) groups is 2. The van der Waals surface area contributed by atoms with Gasteiger partial charge in [-0.15, -0.1) is 0 Å². The summed E-state index contributed by atoms with van der Waals surface area (Å²) in [7, 11) is -2.61. The van der Waals surface area contributed by atoms with Crippen LogP contribution in [0.15, 0.2) is 83.8 Å². The van der Waals surface area contributed by atoms with Gasteiger partial charge in [-0.25, -0.2) is 8.42 Å². The van der Waals surface area contributed by atoms with Gasteiger partial charge in [-0.2, -0.15) is 0 Å². The Kier molecular flexibility index (Phi) is 10.4. The van der Waals surface area contributed by atoms with Crippen molar-refractivity contribution in [3.63, 3.8) is 0 Å². The minimum Gasteiger partial charge on any atom is -0.497 e. The van der Waals surface area contributed by atoms with Gasteiger partial charge in [-0.1, -0.05) is 48.9 Å². The number of nitrogens with zero attached hydrogens (tertiary/aromatic N) is 2. The van der Waals surface area contributed by atoms with E-state index in [1.807, 2.05) is 13.8 Å². The summed E-state index contributed by atoms with van der Waals surface area (Å²) in [4.78, 5) is 28.4. The highest BCUT2D eigenvalue weighted by molar-refractivity contribution is 7.92. The van der Waals surface area contributed by atoms with E-state index in [1.54, 1.807) is 73.7 Å². The lowest BCUT2D eigenvalue weighted by atomic mass is 10.1. The molecule has 208 valence electrons. The van der Waals surface area contributed by atoms with Crippen LogP contribution < -0.4 is 14.4 Å². The Bertz CT molecular complexity index is 1350. The van der Waals surface area contributed by atoms with E-state index >= 15 is 0 Å². The van der Waals surface area contributed by atoms with Gasteiger partial charge in [0.25, 0.3) is 10.0 Å². The molecule has 0 aliphatic rings. The largest absolute Gasteiger partial charge is 0.497 e. The second-order valence-electron chi connectivity index (χ2n) is 9.16. The standard InChI is InChI=1S/C29H34ClN3O5S/c1-5-21(2)31-29(35)22(3)32(19-23-11-13-24(30)14-12-23)28(34)20-33(25-15-17-26(38-4)18-16-25)39(36,37)27-9-7-6-8-10-27/h6-18,21-22H,5,19-20H2,1-4H3,(H,31,35)/t21-,22+/m1/s1. The first-order chi connectivity index (χ1) is 18.6. The molecule has 2 atom stereocenters. The number of sulfonamides is 1. The van der Waals surface area contributed by atoms with Gasteiger partial charge in [0.15, 0.2) is 0 Å². The minimum atomic E-state index is -4.12. The first kappa shape index (κ1) is 30.0. The van der Waals surface area contributed by atoms with Gasteiger partial charge < -0.3 is 15.0 Å². The number of rotatable bonds is 12. The van der Waals surface area contributed by atoms with E-state index in [0.717, 1.165) is 16.3 Å². The zero-order valence-corrected chi connectivity index (χ0v) is 24.1. The van der Waals surface area contributed by atoms with Gasteiger partial charge in [-0.05, 0) is 74.4 Å². The molecule has 8 nitrogen and oxygen atoms in total. The van der Waals surface area contributed by atoms with E-state index < -0.39 is 28.5 Å². The Morgan fingerprint density at radius 1 is 0.949 bits per heavy atom. The van der Waals surface area contributed by atoms with Crippen LogP contribution in [-0.2, 0) is 26.2 Å². The normalized spacial score (nSPS) is 12.7. The van der Waals surface area contributed by atoms with E-state index in [4.69, 9.17) is 16.3 Å². The maximum Gasteiger partial charge on any atom is 0.264 e. The van der Waals surface area contributed by atoms with Crippen LogP contribution in [0, 0.1) is 0 Å². The molecule has 1 N–H and O–H groups in total. The van der Waals surface area contributed by atoms with Crippen molar-refractivity contribution in [3.05, 3.63) is 89.4 Å². The van der Waals surface area contributed by atoms with Gasteiger partial charge >= 0.3 is 0 Å². The Morgan fingerprint density at radius 2 is 1.56 bits per heavy atom. The summed E-state index contributed by atoms with van der Waals surface area (Å²) in [5.41, 5.74) is 1.04. The fourth-order valence-electron chi connectivity index (χ4n) is 3.83. The summed E-state index contributed by atoms with van der Waals surface area (Å²) in [5, 5.41) is 3.45. The highest BCUT2D eigenvalue weighted by Gasteiger charge is 2.32. The van der Waals surface area contributed by atoms with Crippen LogP contribution in [0.25, 0.3) is 0 Å². The number of halogens is 1. The average molecular weight is 572 g/mol. The van der Waals surface area contributed by atoms with Gasteiger partial charge in [0.2, 0.25) is 11.8 Å². The lowest BCUT2D eigenvalue weighted by Crippen LogP contribution is -2.52. The smallest absolute Gasteiger partial charge is 0.264 e. The second-order valence-corrected chi connectivity index (χ2v) is 11.5. The number of benzene rings is 3. The molecule has 0 heterocycles. The van der Waals surface area contributed by atoms with E-state index in [2.05, 4.69) is 5.32 Å². The number of amides is 2. The highest BCUT2D eigenvalue weighted by Crippen LogP contribution is 2.26. The van der Waals surface area contributed by atoms with Crippen LogP contribution in [0.4, 0.5) is 5.69 Å². The Morgan fingerprint density at radius 3 is 2.13 bits per heavy atom. The molecule has 3 rings (SSSR count). The summed E-state index contributed by atoms with van der Waals surface area (Å²) >= 11 is 6.04. The van der Waals surface area contributed by atoms with E-state index in [1.165, 1.54) is 24.1 Å². The Balaban J connectivity index is 2.01. The molecule has 3 aromatic rings. The maximum atomic E-state index is 13.9. The molecule has 0 bridgehead atoms. The monoisotopic (exact) mass is 571 g/mol. The predicted molar refractivity (Wildman–Crippen MR) is 153 cm³/mol. The molecule has 39 heavy (non-hydrogen) atoms. The zero-order chi connectivity index (χ0) is 28.6. The molecule has 0 aromatic heterocycles. The van der Waals surface area contributed by atoms with Crippen LogP contribution in [0.1, 0.15) is 32.8 Å². The van der Waals surface area contributed by atoms with E-state index in [-0.39, 0.29) is 29.1 Å². The molecule has 3 aromatic carbocycles. The van der Waals surface area contributed by atoms with Crippen molar-refractivity contribution in [2.45, 2.75) is 50.7 Å². The van der Waals surface area contributed by atoms with Crippen LogP contribution in [0.3, 0.4) is 0 Å². The molecule has 0 saturated carbocycles. The van der Waals surface area contributed by atoms with Crippen LogP contribution >= 0.6 is 11.6 Å². The SMILES string of the molecule is CC[C@@H](C)NC(=O)[C@H](C)N(Cc1ccc(Cl)cc1)C(=O)CN(c1ccc(OC)cc1)S(=O)(=O)c1ccccc1. The van der Waals surface area contributed by atoms with Crippen LogP contribution in [0.5, 0.6) is 5.75 Å². The fourth-order valence-corrected chi connectivity index (χ4v) is 5.39. The van der Waals surface area contributed by atoms with E-state index in [9.17, 15) is 18.0 Å². The number of methoxy groups -OCH3 is 1. The van der Waals surface area contributed by atoms with E-state index in [0.29, 0.717) is 10.8 Å². The number of hydrogen-bond acceptors (Lipinski definition) is 5. The number of anilines is 1. The molecule has 0 aliphatic heterocycles. The third-order valence-corrected chi connectivity index (χ3v) is 8.45. The zero-order valence-electron chi connectivity index (χ0n) is 22.5. The van der Waals surface area contributed by atoms with Gasteiger partial charge in [0.1, 0.15) is 18.3 Å². The summed E-state index contributed by atoms with van der Waals surface area (Å²) in [6, 6.07) is 20.3. The summed E-state index contributed by atoms with van der Waals surface area (Å²) in [6.07, 6.45) is 0.726. The summed E-state index contributed by atoms with van der Waals surface area (Å²) in [6.45, 7) is 5.04. The summed E-state index contributed by atoms with van der Waals surface area (Å²) in [5.74, 6) is -0.317. The van der Waals surface area contributed by atoms with Gasteiger partial charge in [0.05, 0.1) is 17.7 Å². The molecule has 10 heteroatoms. The predicted octanol–water partition coefficient (Wildman–Crippen LogP) is 4.88. The average Bonchev–Trinajstić information content (AvgIpc) is 2.95. The molecule has 0 fully saturated rings. The molecule has 0 saturated heterocycles. The van der Waals surface area contributed by atoms with Crippen LogP contribution in [-0.4, -0.2) is 50.9 Å². The number of ether oxygens (including phenoxy) is 1. The third-order valence-electron chi connectivity index (χ3n) is 6.40. The minimum absolute atomic E-state index is 0.0421. The molecule has 0 aliphatic carbocycles. The van der Waals surface area contributed by atoms with Crippen molar-refractivity contribution < 1.29 is 22.7 Å². The first-order valence-electron chi connectivity index (χ1n) is 12.6. The number of nitrogens with one attached hydrogen (secondary N) is 1. The van der Waals surface area contributed by atoms with Crippen molar-refractivity contribution in [1.29, 1.82) is 0 Å². The first-order valence-corrected chi connectivity index (χ1v) is 14.4. The molecule has 0 unspecified atom stereocenters. The third kappa shape index (κ3) is 7.74. The lowest BCUT2D eigenvalue weighted by molar-refractivity contribution is -0.139. The van der Waals surface area contributed by atoms with Crippen molar-refractivity contribution >= 4 is 39.1 Å². The molecule has 0 spiro atoms. The topological polar surface area (TPSA) is 96.0 Å². The second kappa shape index (κ2) is 13.5. The highest BCUT2D eigenvalue weighted by atomic mass is 35.5. The van der Waals surface area contributed by atoms with Crippen molar-refractivity contribution in [1.82, 2.24) is 10.2 Å². The number of hydrogen-bond donors (Lipinski definition) is 1. The van der Waals surface area contributed by atoms with Crippen molar-refractivity contribution in [2.75, 3.05) is 18.0 Å². The quantitative estimate of drug-likeness (QED) is 0.334. The van der Waals surface area contributed by atoms with Crippen molar-refractivity contribution in [2.24, 2.45) is 0 Å². The Labute approximate surface area is 235 Å². The molecule has 0 radical (unpaired) electrons. The molecular weight excluding hydrogens is 538 g/mol. The summed E-state index contributed by atoms with van der Waals surface area (Å²) < 4.78 is 33.8. The lowest BCUT2D eigenvalue weighted by Gasteiger charge is -2.32. The number of carbonyl (C=O) groups excluding carboxylic acids is 2. The maximum absolute atomic E-state index is 13.9. The van der Waals surface area contributed by atoms with Gasteiger partial charge in [0, 0.05) is 17.6 Å².